The van der Waals surface area contributed by atoms with Crippen molar-refractivity contribution >= 4 is 0 Å². The molecular formula is C11H20N2. The van der Waals surface area contributed by atoms with Gasteiger partial charge in [0.15, 0.2) is 0 Å². The summed E-state index contributed by atoms with van der Waals surface area (Å²) in [5.41, 5.74) is -0.220. The molecule has 0 saturated heterocycles. The highest BCUT2D eigenvalue weighted by Crippen LogP contribution is 2.25. The van der Waals surface area contributed by atoms with E-state index < -0.39 is 0 Å². The van der Waals surface area contributed by atoms with Crippen molar-refractivity contribution in [3.8, 4) is 6.07 Å². The van der Waals surface area contributed by atoms with Gasteiger partial charge in [-0.15, -0.1) is 0 Å². The van der Waals surface area contributed by atoms with Gasteiger partial charge in [-0.05, 0) is 32.6 Å². The molecule has 2 heteroatoms. The van der Waals surface area contributed by atoms with E-state index in [4.69, 9.17) is 5.26 Å². The summed E-state index contributed by atoms with van der Waals surface area (Å²) in [6, 6.07) is 2.96. The summed E-state index contributed by atoms with van der Waals surface area (Å²) >= 11 is 0. The van der Waals surface area contributed by atoms with Crippen molar-refractivity contribution in [2.45, 2.75) is 46.1 Å². The van der Waals surface area contributed by atoms with Crippen LogP contribution < -0.4 is 5.32 Å². The number of nitrogens with zero attached hydrogens (tertiary/aromatic N) is 1. The van der Waals surface area contributed by atoms with Crippen LogP contribution in [-0.4, -0.2) is 12.6 Å². The molecule has 1 fully saturated rings. The van der Waals surface area contributed by atoms with Crippen molar-refractivity contribution < 1.29 is 0 Å². The molecule has 0 aromatic rings. The van der Waals surface area contributed by atoms with Crippen LogP contribution in [0.4, 0.5) is 0 Å². The Morgan fingerprint density at radius 2 is 2.15 bits per heavy atom. The number of hydrogen-bond acceptors (Lipinski definition) is 2. The first-order chi connectivity index (χ1) is 6.05. The summed E-state index contributed by atoms with van der Waals surface area (Å²) in [7, 11) is 0. The molecule has 1 N–H and O–H groups in total. The van der Waals surface area contributed by atoms with Gasteiger partial charge in [-0.3, -0.25) is 0 Å². The molecule has 13 heavy (non-hydrogen) atoms. The first-order valence-electron chi connectivity index (χ1n) is 5.20. The Kier molecular flexibility index (Phi) is 3.33. The standard InChI is InChI=1S/C11H20N2/c1-9-5-4-6-10(9)13-8-11(2,3)7-12/h9-10,13H,4-6,8H2,1-3H3. The lowest BCUT2D eigenvalue weighted by Crippen LogP contribution is -2.37. The Hall–Kier alpha value is -0.550. The van der Waals surface area contributed by atoms with Crippen LogP contribution in [0.5, 0.6) is 0 Å². The monoisotopic (exact) mass is 180 g/mol. The number of hydrogen-bond donors (Lipinski definition) is 1. The van der Waals surface area contributed by atoms with Crippen LogP contribution in [-0.2, 0) is 0 Å². The lowest BCUT2D eigenvalue weighted by Gasteiger charge is -2.22. The fourth-order valence-electron chi connectivity index (χ4n) is 1.87. The molecule has 2 atom stereocenters. The largest absolute Gasteiger partial charge is 0.312 e. The zero-order valence-corrected chi connectivity index (χ0v) is 8.93. The van der Waals surface area contributed by atoms with Gasteiger partial charge in [0.1, 0.15) is 0 Å². The van der Waals surface area contributed by atoms with Gasteiger partial charge in [0.25, 0.3) is 0 Å². The second-order valence-electron chi connectivity index (χ2n) is 4.89. The van der Waals surface area contributed by atoms with Crippen LogP contribution in [0, 0.1) is 22.7 Å². The Bertz CT molecular complexity index is 203. The Labute approximate surface area is 81.3 Å². The van der Waals surface area contributed by atoms with E-state index in [1.807, 2.05) is 13.8 Å². The summed E-state index contributed by atoms with van der Waals surface area (Å²) < 4.78 is 0. The third kappa shape index (κ3) is 3.00. The highest BCUT2D eigenvalue weighted by molar-refractivity contribution is 4.94. The minimum absolute atomic E-state index is 0.220. The van der Waals surface area contributed by atoms with Gasteiger partial charge in [-0.2, -0.15) is 5.26 Å². The molecule has 0 aliphatic heterocycles. The maximum atomic E-state index is 8.84. The zero-order valence-electron chi connectivity index (χ0n) is 8.93. The van der Waals surface area contributed by atoms with Gasteiger partial charge in [0.05, 0.1) is 11.5 Å². The lowest BCUT2D eigenvalue weighted by atomic mass is 9.95. The van der Waals surface area contributed by atoms with Crippen molar-refractivity contribution in [3.63, 3.8) is 0 Å². The molecule has 0 radical (unpaired) electrons. The highest BCUT2D eigenvalue weighted by atomic mass is 14.9. The molecule has 0 aromatic heterocycles. The average Bonchev–Trinajstić information content (AvgIpc) is 2.48. The molecule has 1 aliphatic rings. The van der Waals surface area contributed by atoms with Crippen LogP contribution in [0.1, 0.15) is 40.0 Å². The van der Waals surface area contributed by atoms with Crippen LogP contribution in [0.3, 0.4) is 0 Å². The van der Waals surface area contributed by atoms with E-state index in [0.29, 0.717) is 6.04 Å². The van der Waals surface area contributed by atoms with E-state index in [-0.39, 0.29) is 5.41 Å². The van der Waals surface area contributed by atoms with Crippen molar-refractivity contribution in [1.82, 2.24) is 5.32 Å². The molecule has 2 unspecified atom stereocenters. The van der Waals surface area contributed by atoms with E-state index in [0.717, 1.165) is 12.5 Å². The van der Waals surface area contributed by atoms with Gasteiger partial charge in [-0.25, -0.2) is 0 Å². The van der Waals surface area contributed by atoms with Gasteiger partial charge >= 0.3 is 0 Å². The molecule has 0 heterocycles. The van der Waals surface area contributed by atoms with E-state index in [9.17, 15) is 0 Å². The Morgan fingerprint density at radius 3 is 2.62 bits per heavy atom. The summed E-state index contributed by atoms with van der Waals surface area (Å²) in [5.74, 6) is 0.787. The lowest BCUT2D eigenvalue weighted by molar-refractivity contribution is 0.361. The minimum atomic E-state index is -0.220. The second-order valence-corrected chi connectivity index (χ2v) is 4.89. The SMILES string of the molecule is CC1CCCC1NCC(C)(C)C#N. The van der Waals surface area contributed by atoms with Gasteiger partial charge < -0.3 is 5.32 Å². The summed E-state index contributed by atoms with van der Waals surface area (Å²) in [6.07, 6.45) is 3.96. The average molecular weight is 180 g/mol. The smallest absolute Gasteiger partial charge is 0.0697 e. The molecule has 2 nitrogen and oxygen atoms in total. The molecule has 0 bridgehead atoms. The molecular weight excluding hydrogens is 160 g/mol. The third-order valence-corrected chi connectivity index (χ3v) is 2.97. The van der Waals surface area contributed by atoms with Crippen LogP contribution in [0.2, 0.25) is 0 Å². The topological polar surface area (TPSA) is 35.8 Å². The Morgan fingerprint density at radius 1 is 1.46 bits per heavy atom. The first kappa shape index (κ1) is 10.5. The molecule has 1 aliphatic carbocycles. The quantitative estimate of drug-likeness (QED) is 0.723. The normalized spacial score (nSPS) is 28.8. The van der Waals surface area contributed by atoms with Gasteiger partial charge in [-0.1, -0.05) is 13.3 Å². The van der Waals surface area contributed by atoms with Crippen molar-refractivity contribution in [3.05, 3.63) is 0 Å². The summed E-state index contributed by atoms with van der Waals surface area (Å²) in [4.78, 5) is 0. The van der Waals surface area contributed by atoms with E-state index in [1.54, 1.807) is 0 Å². The molecule has 1 rings (SSSR count). The summed E-state index contributed by atoms with van der Waals surface area (Å²) in [6.45, 7) is 7.09. The van der Waals surface area contributed by atoms with E-state index in [2.05, 4.69) is 18.3 Å². The minimum Gasteiger partial charge on any atom is -0.312 e. The Balaban J connectivity index is 2.30. The second kappa shape index (κ2) is 4.11. The molecule has 74 valence electrons. The fourth-order valence-corrected chi connectivity index (χ4v) is 1.87. The van der Waals surface area contributed by atoms with E-state index in [1.165, 1.54) is 19.3 Å². The predicted octanol–water partition coefficient (Wildman–Crippen LogP) is 2.31. The third-order valence-electron chi connectivity index (χ3n) is 2.97. The zero-order chi connectivity index (χ0) is 9.90. The predicted molar refractivity (Wildman–Crippen MR) is 54.2 cm³/mol. The summed E-state index contributed by atoms with van der Waals surface area (Å²) in [5, 5.41) is 12.3. The van der Waals surface area contributed by atoms with Crippen molar-refractivity contribution in [1.29, 1.82) is 5.26 Å². The van der Waals surface area contributed by atoms with Gasteiger partial charge in [0.2, 0.25) is 0 Å². The van der Waals surface area contributed by atoms with Crippen LogP contribution in [0.25, 0.3) is 0 Å². The van der Waals surface area contributed by atoms with Crippen LogP contribution in [0.15, 0.2) is 0 Å². The van der Waals surface area contributed by atoms with Crippen molar-refractivity contribution in [2.24, 2.45) is 11.3 Å². The van der Waals surface area contributed by atoms with Crippen molar-refractivity contribution in [2.75, 3.05) is 6.54 Å². The highest BCUT2D eigenvalue weighted by Gasteiger charge is 2.25. The number of nitriles is 1. The van der Waals surface area contributed by atoms with E-state index >= 15 is 0 Å². The first-order valence-corrected chi connectivity index (χ1v) is 5.20. The fraction of sp³-hybridized carbons (Fsp3) is 0.909. The molecule has 1 saturated carbocycles. The maximum Gasteiger partial charge on any atom is 0.0697 e. The maximum absolute atomic E-state index is 8.84. The van der Waals surface area contributed by atoms with Gasteiger partial charge in [0, 0.05) is 12.6 Å². The number of nitrogens with one attached hydrogen (secondary N) is 1. The molecule has 0 spiro atoms. The van der Waals surface area contributed by atoms with Crippen LogP contribution >= 0.6 is 0 Å². The number of rotatable bonds is 3. The molecule has 0 amide bonds. The molecule has 0 aromatic carbocycles.